The van der Waals surface area contributed by atoms with Crippen molar-refractivity contribution in [1.82, 2.24) is 14.7 Å². The van der Waals surface area contributed by atoms with Crippen molar-refractivity contribution >= 4 is 23.8 Å². The molecule has 0 saturated carbocycles. The highest BCUT2D eigenvalue weighted by Crippen LogP contribution is 2.46. The normalized spacial score (nSPS) is 12.3. The summed E-state index contributed by atoms with van der Waals surface area (Å²) in [6.45, 7) is 5.66. The lowest BCUT2D eigenvalue weighted by atomic mass is 9.95. The first-order chi connectivity index (χ1) is 18.9. The standard InChI is InChI=1S/C30H26ClF2N3O4/c1-30(2,3)35(4)29(38)27-24-15-40-26-13-25(39-5)22(17-6-16(14-37)7-18(31)8-17)12-23(26)28(24)36(34-27)21-10-19(32)9-20(33)11-21/h6-14H,15H2,1-5H3. The summed E-state index contributed by atoms with van der Waals surface area (Å²) in [5.74, 6) is -1.07. The van der Waals surface area contributed by atoms with Crippen LogP contribution in [-0.4, -0.2) is 46.6 Å². The molecule has 0 fully saturated rings. The number of amides is 1. The summed E-state index contributed by atoms with van der Waals surface area (Å²) in [5.41, 5.74) is 2.67. The zero-order valence-corrected chi connectivity index (χ0v) is 23.3. The Kier molecular flexibility index (Phi) is 6.87. The Bertz CT molecular complexity index is 1660. The molecule has 3 aromatic carbocycles. The van der Waals surface area contributed by atoms with E-state index in [0.29, 0.717) is 56.3 Å². The lowest BCUT2D eigenvalue weighted by Gasteiger charge is -2.31. The minimum absolute atomic E-state index is 0.00581. The first-order valence-electron chi connectivity index (χ1n) is 12.4. The average Bonchev–Trinajstić information content (AvgIpc) is 3.30. The lowest BCUT2D eigenvalue weighted by molar-refractivity contribution is 0.0646. The minimum Gasteiger partial charge on any atom is -0.496 e. The SMILES string of the molecule is COc1cc2c(cc1-c1cc(Cl)cc(C=O)c1)-c1c(c(C(=O)N(C)C(C)(C)C)nn1-c1cc(F)cc(F)c1)CO2. The van der Waals surface area contributed by atoms with E-state index in [9.17, 15) is 18.4 Å². The number of aldehydes is 1. The number of ether oxygens (including phenoxy) is 2. The molecule has 0 atom stereocenters. The van der Waals surface area contributed by atoms with Crippen LogP contribution >= 0.6 is 11.6 Å². The van der Waals surface area contributed by atoms with E-state index in [2.05, 4.69) is 5.10 Å². The number of halogens is 3. The maximum atomic E-state index is 14.3. The van der Waals surface area contributed by atoms with Gasteiger partial charge in [0.15, 0.2) is 5.69 Å². The Hall–Kier alpha value is -4.24. The number of benzene rings is 3. The van der Waals surface area contributed by atoms with Gasteiger partial charge in [-0.3, -0.25) is 9.59 Å². The molecule has 0 spiro atoms. The summed E-state index contributed by atoms with van der Waals surface area (Å²) in [6, 6.07) is 11.4. The smallest absolute Gasteiger partial charge is 0.274 e. The number of nitrogens with zero attached hydrogens (tertiary/aromatic N) is 3. The Labute approximate surface area is 234 Å². The van der Waals surface area contributed by atoms with Gasteiger partial charge < -0.3 is 14.4 Å². The van der Waals surface area contributed by atoms with Crippen LogP contribution in [0.2, 0.25) is 5.02 Å². The molecule has 206 valence electrons. The highest BCUT2D eigenvalue weighted by atomic mass is 35.5. The first-order valence-corrected chi connectivity index (χ1v) is 12.8. The van der Waals surface area contributed by atoms with Crippen LogP contribution in [0.3, 0.4) is 0 Å². The van der Waals surface area contributed by atoms with E-state index in [1.54, 1.807) is 42.3 Å². The van der Waals surface area contributed by atoms with Gasteiger partial charge in [0.05, 0.1) is 18.5 Å². The Balaban J connectivity index is 1.81. The molecule has 0 bridgehead atoms. The highest BCUT2D eigenvalue weighted by molar-refractivity contribution is 6.31. The molecule has 0 unspecified atom stereocenters. The third-order valence-electron chi connectivity index (χ3n) is 6.88. The van der Waals surface area contributed by atoms with Gasteiger partial charge in [0.1, 0.15) is 36.0 Å². The predicted molar refractivity (Wildman–Crippen MR) is 147 cm³/mol. The van der Waals surface area contributed by atoms with E-state index >= 15 is 0 Å². The molecule has 10 heteroatoms. The van der Waals surface area contributed by atoms with E-state index in [0.717, 1.165) is 18.2 Å². The molecular formula is C30H26ClF2N3O4. The van der Waals surface area contributed by atoms with Gasteiger partial charge >= 0.3 is 0 Å². The molecule has 2 heterocycles. The number of hydrogen-bond acceptors (Lipinski definition) is 5. The fraction of sp³-hybridized carbons (Fsp3) is 0.233. The van der Waals surface area contributed by atoms with Crippen molar-refractivity contribution in [2.75, 3.05) is 14.2 Å². The summed E-state index contributed by atoms with van der Waals surface area (Å²) in [4.78, 5) is 26.7. The van der Waals surface area contributed by atoms with Crippen LogP contribution in [0.15, 0.2) is 48.5 Å². The average molecular weight is 566 g/mol. The number of hydrogen-bond donors (Lipinski definition) is 0. The predicted octanol–water partition coefficient (Wildman–Crippen LogP) is 6.72. The van der Waals surface area contributed by atoms with Crippen molar-refractivity contribution in [1.29, 1.82) is 0 Å². The number of carbonyl (C=O) groups excluding carboxylic acids is 2. The maximum Gasteiger partial charge on any atom is 0.274 e. The maximum absolute atomic E-state index is 14.3. The molecule has 0 N–H and O–H groups in total. The third-order valence-corrected chi connectivity index (χ3v) is 7.10. The number of fused-ring (bicyclic) bond motifs is 3. The molecule has 40 heavy (non-hydrogen) atoms. The van der Waals surface area contributed by atoms with Crippen LogP contribution in [0.1, 0.15) is 47.2 Å². The van der Waals surface area contributed by atoms with Crippen molar-refractivity contribution in [2.24, 2.45) is 0 Å². The second-order valence-corrected chi connectivity index (χ2v) is 10.9. The quantitative estimate of drug-likeness (QED) is 0.251. The summed E-state index contributed by atoms with van der Waals surface area (Å²) in [6.07, 6.45) is 0.693. The van der Waals surface area contributed by atoms with Crippen molar-refractivity contribution in [3.63, 3.8) is 0 Å². The monoisotopic (exact) mass is 565 g/mol. The second kappa shape index (κ2) is 10.1. The molecule has 1 aromatic heterocycles. The minimum atomic E-state index is -0.790. The van der Waals surface area contributed by atoms with Crippen LogP contribution in [-0.2, 0) is 6.61 Å². The van der Waals surface area contributed by atoms with Crippen molar-refractivity contribution in [3.8, 4) is 39.6 Å². The number of carbonyl (C=O) groups is 2. The topological polar surface area (TPSA) is 73.7 Å². The van der Waals surface area contributed by atoms with Crippen LogP contribution < -0.4 is 9.47 Å². The number of rotatable bonds is 5. The Morgan fingerprint density at radius 3 is 2.40 bits per heavy atom. The molecular weight excluding hydrogens is 540 g/mol. The van der Waals surface area contributed by atoms with Crippen LogP contribution in [0.5, 0.6) is 11.5 Å². The van der Waals surface area contributed by atoms with Gasteiger partial charge in [-0.1, -0.05) is 11.6 Å². The molecule has 1 aliphatic rings. The lowest BCUT2D eigenvalue weighted by Crippen LogP contribution is -2.43. The molecule has 4 aromatic rings. The van der Waals surface area contributed by atoms with Gasteiger partial charge in [0.2, 0.25) is 0 Å². The second-order valence-electron chi connectivity index (χ2n) is 10.5. The third kappa shape index (κ3) is 4.81. The molecule has 0 radical (unpaired) electrons. The van der Waals surface area contributed by atoms with Gasteiger partial charge in [0.25, 0.3) is 5.91 Å². The van der Waals surface area contributed by atoms with Crippen LogP contribution in [0.25, 0.3) is 28.1 Å². The fourth-order valence-corrected chi connectivity index (χ4v) is 4.84. The van der Waals surface area contributed by atoms with E-state index in [1.807, 2.05) is 20.8 Å². The summed E-state index contributed by atoms with van der Waals surface area (Å²) >= 11 is 6.29. The van der Waals surface area contributed by atoms with Gasteiger partial charge in [0, 0.05) is 52.0 Å². The first kappa shape index (κ1) is 27.3. The molecule has 5 rings (SSSR count). The number of methoxy groups -OCH3 is 1. The largest absolute Gasteiger partial charge is 0.496 e. The van der Waals surface area contributed by atoms with E-state index in [4.69, 9.17) is 21.1 Å². The van der Waals surface area contributed by atoms with Gasteiger partial charge in [-0.25, -0.2) is 13.5 Å². The summed E-state index contributed by atoms with van der Waals surface area (Å²) in [5, 5.41) is 4.93. The zero-order valence-electron chi connectivity index (χ0n) is 22.5. The zero-order chi connectivity index (χ0) is 28.9. The van der Waals surface area contributed by atoms with Crippen LogP contribution in [0, 0.1) is 11.6 Å². The van der Waals surface area contributed by atoms with Crippen molar-refractivity contribution in [3.05, 3.63) is 82.0 Å². The van der Waals surface area contributed by atoms with E-state index < -0.39 is 17.2 Å². The van der Waals surface area contributed by atoms with Crippen LogP contribution in [0.4, 0.5) is 8.78 Å². The number of aromatic nitrogens is 2. The van der Waals surface area contributed by atoms with Gasteiger partial charge in [-0.2, -0.15) is 5.10 Å². The molecule has 0 saturated heterocycles. The van der Waals surface area contributed by atoms with E-state index in [-0.39, 0.29) is 23.9 Å². The van der Waals surface area contributed by atoms with Crippen molar-refractivity contribution < 1.29 is 27.8 Å². The van der Waals surface area contributed by atoms with Gasteiger partial charge in [-0.15, -0.1) is 0 Å². The molecule has 7 nitrogen and oxygen atoms in total. The van der Waals surface area contributed by atoms with Gasteiger partial charge in [-0.05, 0) is 62.7 Å². The van der Waals surface area contributed by atoms with E-state index in [1.165, 1.54) is 11.8 Å². The highest BCUT2D eigenvalue weighted by Gasteiger charge is 2.35. The molecule has 1 aliphatic heterocycles. The molecule has 0 aliphatic carbocycles. The fourth-order valence-electron chi connectivity index (χ4n) is 4.59. The Morgan fingerprint density at radius 1 is 1.07 bits per heavy atom. The Morgan fingerprint density at radius 2 is 1.77 bits per heavy atom. The molecule has 1 amide bonds. The summed E-state index contributed by atoms with van der Waals surface area (Å²) < 4.78 is 41.8. The van der Waals surface area contributed by atoms with Crippen molar-refractivity contribution in [2.45, 2.75) is 32.9 Å². The summed E-state index contributed by atoms with van der Waals surface area (Å²) in [7, 11) is 3.17.